The molecule has 0 spiro atoms. The van der Waals surface area contributed by atoms with Crippen molar-refractivity contribution in [3.63, 3.8) is 0 Å². The van der Waals surface area contributed by atoms with Crippen molar-refractivity contribution in [3.8, 4) is 12.3 Å². The molecule has 5 nitrogen and oxygen atoms in total. The molecule has 4 aliphatic carbocycles. The van der Waals surface area contributed by atoms with Crippen LogP contribution in [-0.2, 0) is 19.1 Å². The zero-order valence-electron chi connectivity index (χ0n) is 17.2. The highest BCUT2D eigenvalue weighted by Crippen LogP contribution is 2.69. The molecule has 5 heteroatoms. The number of carboxylic acids is 1. The van der Waals surface area contributed by atoms with E-state index in [1.165, 1.54) is 5.57 Å². The number of ether oxygens (including phenoxy) is 1. The fraction of sp³-hybridized carbons (Fsp3) is 0.708. The van der Waals surface area contributed by atoms with Crippen LogP contribution in [0.2, 0.25) is 0 Å². The van der Waals surface area contributed by atoms with Crippen molar-refractivity contribution in [1.29, 1.82) is 0 Å². The minimum atomic E-state index is -1.31. The maximum atomic E-state index is 12.0. The fourth-order valence-corrected chi connectivity index (χ4v) is 7.85. The Labute approximate surface area is 172 Å². The molecule has 3 fully saturated rings. The molecule has 1 N–H and O–H groups in total. The van der Waals surface area contributed by atoms with E-state index in [0.717, 1.165) is 32.1 Å². The molecule has 0 aliphatic heterocycles. The molecule has 0 amide bonds. The SMILES string of the molecule is C#C[C@@]1(C(OC=O)C(=O)O)CCC2C3C(CC[C@@]21C)C1CCC(=O)C=C1C[C@H]3C. The highest BCUT2D eigenvalue weighted by Gasteiger charge is 2.67. The van der Waals surface area contributed by atoms with Crippen LogP contribution in [0.1, 0.15) is 58.8 Å². The zero-order valence-corrected chi connectivity index (χ0v) is 17.2. The number of aliphatic carboxylic acids is 1. The van der Waals surface area contributed by atoms with E-state index in [2.05, 4.69) is 19.8 Å². The van der Waals surface area contributed by atoms with Crippen LogP contribution < -0.4 is 0 Å². The first-order valence-corrected chi connectivity index (χ1v) is 10.8. The second-order valence-electron chi connectivity index (χ2n) is 9.92. The quantitative estimate of drug-likeness (QED) is 0.578. The van der Waals surface area contributed by atoms with E-state index in [4.69, 9.17) is 11.2 Å². The lowest BCUT2D eigenvalue weighted by Gasteiger charge is -2.58. The van der Waals surface area contributed by atoms with Crippen molar-refractivity contribution in [2.45, 2.75) is 64.9 Å². The number of carboxylic acid groups (broad SMARTS) is 1. The zero-order chi connectivity index (χ0) is 21.0. The predicted molar refractivity (Wildman–Crippen MR) is 106 cm³/mol. The number of fused-ring (bicyclic) bond motifs is 5. The molecule has 0 saturated heterocycles. The van der Waals surface area contributed by atoms with E-state index >= 15 is 0 Å². The lowest BCUT2D eigenvalue weighted by molar-refractivity contribution is -0.173. The first-order valence-electron chi connectivity index (χ1n) is 10.8. The average molecular weight is 398 g/mol. The van der Waals surface area contributed by atoms with Crippen LogP contribution in [-0.4, -0.2) is 29.4 Å². The highest BCUT2D eigenvalue weighted by molar-refractivity contribution is 5.91. The van der Waals surface area contributed by atoms with E-state index in [-0.39, 0.29) is 17.7 Å². The van der Waals surface area contributed by atoms with E-state index in [1.807, 2.05) is 6.08 Å². The molecule has 0 radical (unpaired) electrons. The monoisotopic (exact) mass is 398 g/mol. The molecular formula is C24H30O5. The van der Waals surface area contributed by atoms with Gasteiger partial charge in [-0.3, -0.25) is 9.59 Å². The van der Waals surface area contributed by atoms with Gasteiger partial charge in [-0.05, 0) is 79.6 Å². The summed E-state index contributed by atoms with van der Waals surface area (Å²) in [6.07, 6.45) is 12.4. The summed E-state index contributed by atoms with van der Waals surface area (Å²) in [4.78, 5) is 35.0. The number of hydrogen-bond acceptors (Lipinski definition) is 4. The minimum Gasteiger partial charge on any atom is -0.478 e. The van der Waals surface area contributed by atoms with Crippen LogP contribution in [0.25, 0.3) is 0 Å². The molecule has 4 rings (SSSR count). The van der Waals surface area contributed by atoms with Crippen molar-refractivity contribution in [1.82, 2.24) is 0 Å². The first kappa shape index (κ1) is 20.2. The molecule has 156 valence electrons. The van der Waals surface area contributed by atoms with Crippen LogP contribution in [0.3, 0.4) is 0 Å². The normalized spacial score (nSPS) is 44.4. The summed E-state index contributed by atoms with van der Waals surface area (Å²) in [7, 11) is 0. The third kappa shape index (κ3) is 2.71. The molecule has 0 heterocycles. The van der Waals surface area contributed by atoms with E-state index in [9.17, 15) is 19.5 Å². The molecule has 0 bridgehead atoms. The Bertz CT molecular complexity index is 807. The Morgan fingerprint density at radius 1 is 1.38 bits per heavy atom. The van der Waals surface area contributed by atoms with Crippen molar-refractivity contribution in [2.75, 3.05) is 0 Å². The lowest BCUT2D eigenvalue weighted by atomic mass is 9.46. The largest absolute Gasteiger partial charge is 0.478 e. The molecular weight excluding hydrogens is 368 g/mol. The van der Waals surface area contributed by atoms with Gasteiger partial charge in [0, 0.05) is 6.42 Å². The second-order valence-corrected chi connectivity index (χ2v) is 9.92. The number of carbonyl (C=O) groups is 3. The Morgan fingerprint density at radius 2 is 2.14 bits per heavy atom. The van der Waals surface area contributed by atoms with Gasteiger partial charge in [-0.1, -0.05) is 25.3 Å². The standard InChI is InChI=1S/C24H30O5/c1-4-24(21(22(27)28)29-13-25)10-8-19-20-14(2)11-15-12-16(26)5-6-17(15)18(20)7-9-23(19,24)3/h1,12-14,17-21H,5-11H2,2-3H3,(H,27,28)/t14-,17?,18?,19?,20?,21?,23+,24+/m1/s1. The van der Waals surface area contributed by atoms with E-state index in [1.54, 1.807) is 0 Å². The van der Waals surface area contributed by atoms with Crippen LogP contribution >= 0.6 is 0 Å². The topological polar surface area (TPSA) is 80.7 Å². The van der Waals surface area contributed by atoms with Gasteiger partial charge >= 0.3 is 5.97 Å². The summed E-state index contributed by atoms with van der Waals surface area (Å²) in [5.41, 5.74) is -0.0320. The van der Waals surface area contributed by atoms with Crippen molar-refractivity contribution >= 4 is 18.2 Å². The molecule has 5 unspecified atom stereocenters. The van der Waals surface area contributed by atoms with Gasteiger partial charge in [0.05, 0.1) is 5.41 Å². The fourth-order valence-electron chi connectivity index (χ4n) is 7.85. The van der Waals surface area contributed by atoms with E-state index in [0.29, 0.717) is 42.4 Å². The number of rotatable bonds is 4. The van der Waals surface area contributed by atoms with Gasteiger partial charge in [0.15, 0.2) is 5.78 Å². The summed E-state index contributed by atoms with van der Waals surface area (Å²) >= 11 is 0. The smallest absolute Gasteiger partial charge is 0.346 e. The molecule has 29 heavy (non-hydrogen) atoms. The lowest BCUT2D eigenvalue weighted by Crippen LogP contribution is -2.56. The Kier molecular flexibility index (Phi) is 4.88. The van der Waals surface area contributed by atoms with Crippen LogP contribution in [0.5, 0.6) is 0 Å². The van der Waals surface area contributed by atoms with Gasteiger partial charge in [-0.25, -0.2) is 4.79 Å². The summed E-state index contributed by atoms with van der Waals surface area (Å²) in [6.45, 7) is 4.62. The van der Waals surface area contributed by atoms with Crippen LogP contribution in [0.15, 0.2) is 11.6 Å². The molecule has 0 aromatic rings. The van der Waals surface area contributed by atoms with Gasteiger partial charge < -0.3 is 9.84 Å². The number of carbonyl (C=O) groups excluding carboxylic acids is 2. The number of terminal acetylenes is 1. The molecule has 3 saturated carbocycles. The second kappa shape index (κ2) is 7.00. The first-order chi connectivity index (χ1) is 13.8. The van der Waals surface area contributed by atoms with Gasteiger partial charge in [0.2, 0.25) is 6.10 Å². The number of ketones is 1. The van der Waals surface area contributed by atoms with Gasteiger partial charge in [-0.2, -0.15) is 0 Å². The minimum absolute atomic E-state index is 0.222. The summed E-state index contributed by atoms with van der Waals surface area (Å²) in [5.74, 6) is 4.13. The van der Waals surface area contributed by atoms with Gasteiger partial charge in [0.25, 0.3) is 6.47 Å². The third-order valence-corrected chi connectivity index (χ3v) is 9.02. The van der Waals surface area contributed by atoms with Gasteiger partial charge in [0.1, 0.15) is 0 Å². The average Bonchev–Trinajstić information content (AvgIpc) is 2.98. The van der Waals surface area contributed by atoms with Gasteiger partial charge in [-0.15, -0.1) is 6.42 Å². The highest BCUT2D eigenvalue weighted by atomic mass is 16.5. The number of allylic oxidation sites excluding steroid dienone is 1. The number of hydrogen-bond donors (Lipinski definition) is 1. The van der Waals surface area contributed by atoms with Crippen LogP contribution in [0.4, 0.5) is 0 Å². The maximum absolute atomic E-state index is 12.0. The van der Waals surface area contributed by atoms with Crippen molar-refractivity contribution in [2.24, 2.45) is 40.4 Å². The Morgan fingerprint density at radius 3 is 2.79 bits per heavy atom. The molecule has 0 aromatic carbocycles. The van der Waals surface area contributed by atoms with Crippen molar-refractivity contribution < 1.29 is 24.2 Å². The molecule has 4 aliphatic rings. The molecule has 8 atom stereocenters. The van der Waals surface area contributed by atoms with Crippen LogP contribution in [0, 0.1) is 52.8 Å². The Hall–Kier alpha value is -2.09. The summed E-state index contributed by atoms with van der Waals surface area (Å²) in [6, 6.07) is 0. The Balaban J connectivity index is 1.72. The summed E-state index contributed by atoms with van der Waals surface area (Å²) < 4.78 is 5.09. The third-order valence-electron chi connectivity index (χ3n) is 9.02. The predicted octanol–water partition coefficient (Wildman–Crippen LogP) is 3.62. The van der Waals surface area contributed by atoms with Crippen molar-refractivity contribution in [3.05, 3.63) is 11.6 Å². The molecule has 0 aromatic heterocycles. The maximum Gasteiger partial charge on any atom is 0.346 e. The van der Waals surface area contributed by atoms with E-state index < -0.39 is 17.5 Å². The summed E-state index contributed by atoms with van der Waals surface area (Å²) in [5, 5.41) is 9.81.